The Labute approximate surface area is 108 Å². The van der Waals surface area contributed by atoms with Gasteiger partial charge in [0.2, 0.25) is 5.91 Å². The van der Waals surface area contributed by atoms with Gasteiger partial charge in [-0.3, -0.25) is 4.79 Å². The lowest BCUT2D eigenvalue weighted by Gasteiger charge is -2.09. The molecule has 0 aliphatic heterocycles. The lowest BCUT2D eigenvalue weighted by molar-refractivity contribution is -0.117. The molecule has 0 saturated carbocycles. The number of rotatable bonds is 4. The van der Waals surface area contributed by atoms with E-state index in [1.807, 2.05) is 13.0 Å². The van der Waals surface area contributed by atoms with E-state index in [9.17, 15) is 4.79 Å². The summed E-state index contributed by atoms with van der Waals surface area (Å²) in [6.07, 6.45) is 0.328. The van der Waals surface area contributed by atoms with E-state index in [4.69, 9.17) is 16.3 Å². The molecule has 0 bridgehead atoms. The summed E-state index contributed by atoms with van der Waals surface area (Å²) in [4.78, 5) is 11.5. The molecule has 0 radical (unpaired) electrons. The summed E-state index contributed by atoms with van der Waals surface area (Å²) < 4.78 is 5.64. The van der Waals surface area contributed by atoms with Crippen molar-refractivity contribution in [1.82, 2.24) is 0 Å². The molecular formula is C11H13BrClNO2. The number of methoxy groups -OCH3 is 1. The summed E-state index contributed by atoms with van der Waals surface area (Å²) in [6.45, 7) is 2.31. The summed E-state index contributed by atoms with van der Waals surface area (Å²) in [5.41, 5.74) is 1.64. The summed E-state index contributed by atoms with van der Waals surface area (Å²) in [5, 5.41) is 3.39. The highest BCUT2D eigenvalue weighted by Crippen LogP contribution is 2.29. The fourth-order valence-electron chi connectivity index (χ4n) is 1.15. The first-order chi connectivity index (χ1) is 7.54. The standard InChI is InChI=1S/C11H13BrClNO2/c1-7-5-8(12)10(6-9(7)13)14-11(15)3-4-16-2/h5-6H,3-4H2,1-2H3,(H,14,15). The monoisotopic (exact) mass is 305 g/mol. The van der Waals surface area contributed by atoms with Gasteiger partial charge in [0, 0.05) is 16.6 Å². The number of aryl methyl sites for hydroxylation is 1. The maximum atomic E-state index is 11.5. The van der Waals surface area contributed by atoms with E-state index in [0.29, 0.717) is 23.7 Å². The van der Waals surface area contributed by atoms with Crippen molar-refractivity contribution in [2.45, 2.75) is 13.3 Å². The highest BCUT2D eigenvalue weighted by molar-refractivity contribution is 9.10. The quantitative estimate of drug-likeness (QED) is 0.926. The van der Waals surface area contributed by atoms with Crippen molar-refractivity contribution in [1.29, 1.82) is 0 Å². The molecule has 1 rings (SSSR count). The molecule has 0 fully saturated rings. The second-order valence-corrected chi connectivity index (χ2v) is 4.63. The third-order valence-electron chi connectivity index (χ3n) is 2.06. The van der Waals surface area contributed by atoms with Gasteiger partial charge in [0.15, 0.2) is 0 Å². The second kappa shape index (κ2) is 6.23. The van der Waals surface area contributed by atoms with Gasteiger partial charge in [0.1, 0.15) is 0 Å². The Morgan fingerprint density at radius 1 is 1.56 bits per heavy atom. The number of hydrogen-bond donors (Lipinski definition) is 1. The van der Waals surface area contributed by atoms with Crippen LogP contribution in [-0.2, 0) is 9.53 Å². The minimum absolute atomic E-state index is 0.0949. The fraction of sp³-hybridized carbons (Fsp3) is 0.364. The Hall–Kier alpha value is -0.580. The Bertz CT molecular complexity index is 396. The van der Waals surface area contributed by atoms with Crippen LogP contribution in [0.15, 0.2) is 16.6 Å². The van der Waals surface area contributed by atoms with Gasteiger partial charge in [0.25, 0.3) is 0 Å². The van der Waals surface area contributed by atoms with Gasteiger partial charge in [-0.25, -0.2) is 0 Å². The topological polar surface area (TPSA) is 38.3 Å². The number of nitrogens with one attached hydrogen (secondary N) is 1. The molecule has 0 aromatic heterocycles. The Morgan fingerprint density at radius 2 is 2.25 bits per heavy atom. The zero-order valence-electron chi connectivity index (χ0n) is 9.14. The van der Waals surface area contributed by atoms with Crippen LogP contribution >= 0.6 is 27.5 Å². The molecule has 0 atom stereocenters. The maximum absolute atomic E-state index is 11.5. The molecule has 1 aromatic carbocycles. The first kappa shape index (κ1) is 13.5. The van der Waals surface area contributed by atoms with Crippen LogP contribution in [0, 0.1) is 6.92 Å². The van der Waals surface area contributed by atoms with Crippen LogP contribution < -0.4 is 5.32 Å². The van der Waals surface area contributed by atoms with Crippen LogP contribution in [-0.4, -0.2) is 19.6 Å². The van der Waals surface area contributed by atoms with Crippen LogP contribution in [0.2, 0.25) is 5.02 Å². The molecule has 1 aromatic rings. The molecule has 3 nitrogen and oxygen atoms in total. The van der Waals surface area contributed by atoms with Gasteiger partial charge in [-0.15, -0.1) is 0 Å². The molecule has 0 heterocycles. The van der Waals surface area contributed by atoms with Crippen molar-refractivity contribution in [3.63, 3.8) is 0 Å². The zero-order chi connectivity index (χ0) is 12.1. The van der Waals surface area contributed by atoms with E-state index in [0.717, 1.165) is 10.0 Å². The number of amides is 1. The van der Waals surface area contributed by atoms with Crippen molar-refractivity contribution >= 4 is 39.1 Å². The molecule has 0 spiro atoms. The van der Waals surface area contributed by atoms with Gasteiger partial charge in [0.05, 0.1) is 18.7 Å². The normalized spacial score (nSPS) is 10.2. The van der Waals surface area contributed by atoms with Crippen LogP contribution in [0.4, 0.5) is 5.69 Å². The van der Waals surface area contributed by atoms with E-state index >= 15 is 0 Å². The number of halogens is 2. The van der Waals surface area contributed by atoms with Crippen molar-refractivity contribution in [2.75, 3.05) is 19.0 Å². The molecule has 1 amide bonds. The Balaban J connectivity index is 2.73. The smallest absolute Gasteiger partial charge is 0.226 e. The molecule has 0 unspecified atom stereocenters. The summed E-state index contributed by atoms with van der Waals surface area (Å²) in [6, 6.07) is 3.60. The van der Waals surface area contributed by atoms with Crippen LogP contribution in [0.25, 0.3) is 0 Å². The average molecular weight is 307 g/mol. The van der Waals surface area contributed by atoms with Crippen LogP contribution in [0.1, 0.15) is 12.0 Å². The van der Waals surface area contributed by atoms with Gasteiger partial charge < -0.3 is 10.1 Å². The minimum Gasteiger partial charge on any atom is -0.384 e. The number of benzene rings is 1. The summed E-state index contributed by atoms with van der Waals surface area (Å²) in [5.74, 6) is -0.0949. The molecule has 0 aliphatic carbocycles. The van der Waals surface area contributed by atoms with Gasteiger partial charge in [-0.05, 0) is 40.5 Å². The minimum atomic E-state index is -0.0949. The summed E-state index contributed by atoms with van der Waals surface area (Å²) in [7, 11) is 1.56. The van der Waals surface area contributed by atoms with Crippen LogP contribution in [0.5, 0.6) is 0 Å². The molecular weight excluding hydrogens is 293 g/mol. The number of hydrogen-bond acceptors (Lipinski definition) is 2. The summed E-state index contributed by atoms with van der Waals surface area (Å²) >= 11 is 9.35. The van der Waals surface area contributed by atoms with Gasteiger partial charge in [-0.1, -0.05) is 11.6 Å². The van der Waals surface area contributed by atoms with Crippen molar-refractivity contribution in [3.05, 3.63) is 27.2 Å². The lowest BCUT2D eigenvalue weighted by atomic mass is 10.2. The third-order valence-corrected chi connectivity index (χ3v) is 3.12. The van der Waals surface area contributed by atoms with E-state index in [2.05, 4.69) is 21.2 Å². The molecule has 5 heteroatoms. The van der Waals surface area contributed by atoms with Crippen molar-refractivity contribution in [2.24, 2.45) is 0 Å². The molecule has 1 N–H and O–H groups in total. The number of carbonyl (C=O) groups is 1. The van der Waals surface area contributed by atoms with Gasteiger partial charge >= 0.3 is 0 Å². The Morgan fingerprint density at radius 3 is 2.88 bits per heavy atom. The van der Waals surface area contributed by atoms with E-state index in [1.54, 1.807) is 13.2 Å². The Kier molecular flexibility index (Phi) is 5.25. The highest BCUT2D eigenvalue weighted by Gasteiger charge is 2.07. The van der Waals surface area contributed by atoms with Crippen LogP contribution in [0.3, 0.4) is 0 Å². The SMILES string of the molecule is COCCC(=O)Nc1cc(Cl)c(C)cc1Br. The first-order valence-corrected chi connectivity index (χ1v) is 5.96. The van der Waals surface area contributed by atoms with Crippen molar-refractivity contribution in [3.8, 4) is 0 Å². The van der Waals surface area contributed by atoms with E-state index in [-0.39, 0.29) is 5.91 Å². The molecule has 0 aliphatic rings. The zero-order valence-corrected chi connectivity index (χ0v) is 11.5. The lowest BCUT2D eigenvalue weighted by Crippen LogP contribution is -2.14. The fourth-order valence-corrected chi connectivity index (χ4v) is 1.87. The largest absolute Gasteiger partial charge is 0.384 e. The average Bonchev–Trinajstić information content (AvgIpc) is 2.23. The van der Waals surface area contributed by atoms with E-state index in [1.165, 1.54) is 0 Å². The number of carbonyl (C=O) groups excluding carboxylic acids is 1. The predicted octanol–water partition coefficient (Wildman–Crippen LogP) is 3.39. The molecule has 0 saturated heterocycles. The molecule has 88 valence electrons. The second-order valence-electron chi connectivity index (χ2n) is 3.37. The van der Waals surface area contributed by atoms with E-state index < -0.39 is 0 Å². The third kappa shape index (κ3) is 3.77. The number of anilines is 1. The highest BCUT2D eigenvalue weighted by atomic mass is 79.9. The van der Waals surface area contributed by atoms with Gasteiger partial charge in [-0.2, -0.15) is 0 Å². The van der Waals surface area contributed by atoms with Crippen molar-refractivity contribution < 1.29 is 9.53 Å². The number of ether oxygens (including phenoxy) is 1. The first-order valence-electron chi connectivity index (χ1n) is 4.79. The predicted molar refractivity (Wildman–Crippen MR) is 69.0 cm³/mol. The maximum Gasteiger partial charge on any atom is 0.226 e. The molecule has 16 heavy (non-hydrogen) atoms.